The number of carbonyl (C=O) groups excluding carboxylic acids is 1. The monoisotopic (exact) mass is 294 g/mol. The molecule has 0 saturated heterocycles. The number of pyridine rings is 1. The summed E-state index contributed by atoms with van der Waals surface area (Å²) < 4.78 is 2.11. The van der Waals surface area contributed by atoms with Gasteiger partial charge in [0.2, 0.25) is 6.41 Å². The van der Waals surface area contributed by atoms with E-state index in [0.29, 0.717) is 17.9 Å². The van der Waals surface area contributed by atoms with Gasteiger partial charge in [-0.1, -0.05) is 13.8 Å². The Labute approximate surface area is 129 Å². The first-order chi connectivity index (χ1) is 10.4. The first-order valence-corrected chi connectivity index (χ1v) is 7.25. The zero-order valence-electron chi connectivity index (χ0n) is 13.0. The van der Waals surface area contributed by atoms with Crippen molar-refractivity contribution in [3.63, 3.8) is 0 Å². The van der Waals surface area contributed by atoms with E-state index >= 15 is 0 Å². The molecule has 22 heavy (non-hydrogen) atoms. The largest absolute Gasteiger partial charge is 0.335 e. The van der Waals surface area contributed by atoms with Gasteiger partial charge in [-0.15, -0.1) is 0 Å². The molecule has 0 unspecified atom stereocenters. The lowest BCUT2D eigenvalue weighted by atomic mass is 9.89. The third kappa shape index (κ3) is 2.27. The van der Waals surface area contributed by atoms with Crippen LogP contribution in [0.15, 0.2) is 18.3 Å². The van der Waals surface area contributed by atoms with E-state index in [4.69, 9.17) is 0 Å². The van der Waals surface area contributed by atoms with E-state index in [1.807, 2.05) is 19.1 Å². The molecule has 0 saturated carbocycles. The number of fused-ring (bicyclic) bond motifs is 1. The number of nitriles is 1. The smallest absolute Gasteiger partial charge is 0.212 e. The Balaban J connectivity index is 2.17. The molecular formula is C17H18N4O. The van der Waals surface area contributed by atoms with Crippen molar-refractivity contribution in [1.29, 1.82) is 5.26 Å². The Morgan fingerprint density at radius 1 is 1.41 bits per heavy atom. The Hall–Kier alpha value is -2.61. The lowest BCUT2D eigenvalue weighted by Gasteiger charge is -2.15. The minimum atomic E-state index is 0.155. The molecule has 0 atom stereocenters. The van der Waals surface area contributed by atoms with Gasteiger partial charge in [0.15, 0.2) is 0 Å². The second-order valence-electron chi connectivity index (χ2n) is 6.58. The molecule has 0 radical (unpaired) electrons. The molecule has 3 rings (SSSR count). The van der Waals surface area contributed by atoms with Crippen molar-refractivity contribution in [3.05, 3.63) is 35.3 Å². The van der Waals surface area contributed by atoms with Crippen LogP contribution in [0.1, 0.15) is 30.8 Å². The van der Waals surface area contributed by atoms with Crippen molar-refractivity contribution in [2.75, 3.05) is 5.32 Å². The van der Waals surface area contributed by atoms with Gasteiger partial charge in [0.05, 0.1) is 0 Å². The van der Waals surface area contributed by atoms with Gasteiger partial charge in [-0.05, 0) is 42.0 Å². The molecule has 0 aliphatic carbocycles. The molecule has 0 fully saturated rings. The maximum absolute atomic E-state index is 10.6. The highest BCUT2D eigenvalue weighted by atomic mass is 16.1. The summed E-state index contributed by atoms with van der Waals surface area (Å²) in [5, 5.41) is 12.0. The maximum atomic E-state index is 10.6. The second-order valence-corrected chi connectivity index (χ2v) is 6.58. The lowest BCUT2D eigenvalue weighted by molar-refractivity contribution is -0.105. The third-order valence-corrected chi connectivity index (χ3v) is 4.16. The number of anilines is 1. The van der Waals surface area contributed by atoms with E-state index < -0.39 is 0 Å². The number of nitrogens with zero attached hydrogens (tertiary/aromatic N) is 3. The van der Waals surface area contributed by atoms with Crippen molar-refractivity contribution >= 4 is 12.2 Å². The SMILES string of the molecule is Cc1cnc(NC=O)cc1-c1cc(C#N)n2c1CC(C)(C)C2. The number of hydrogen-bond acceptors (Lipinski definition) is 3. The fourth-order valence-electron chi connectivity index (χ4n) is 3.18. The van der Waals surface area contributed by atoms with E-state index in [1.165, 1.54) is 5.69 Å². The Morgan fingerprint density at radius 2 is 2.18 bits per heavy atom. The molecular weight excluding hydrogens is 276 g/mol. The van der Waals surface area contributed by atoms with E-state index in [0.717, 1.165) is 29.7 Å². The van der Waals surface area contributed by atoms with E-state index in [1.54, 1.807) is 6.20 Å². The molecule has 3 heterocycles. The van der Waals surface area contributed by atoms with Gasteiger partial charge in [0.25, 0.3) is 0 Å². The zero-order chi connectivity index (χ0) is 15.9. The van der Waals surface area contributed by atoms with Crippen molar-refractivity contribution in [3.8, 4) is 17.2 Å². The van der Waals surface area contributed by atoms with Crippen molar-refractivity contribution in [1.82, 2.24) is 9.55 Å². The molecule has 1 aliphatic rings. The topological polar surface area (TPSA) is 70.7 Å². The quantitative estimate of drug-likeness (QED) is 0.885. The van der Waals surface area contributed by atoms with Crippen molar-refractivity contribution in [2.24, 2.45) is 5.41 Å². The van der Waals surface area contributed by atoms with Crippen LogP contribution in [0.2, 0.25) is 0 Å². The van der Waals surface area contributed by atoms with E-state index in [-0.39, 0.29) is 5.41 Å². The summed E-state index contributed by atoms with van der Waals surface area (Å²) in [7, 11) is 0. The van der Waals surface area contributed by atoms with E-state index in [2.05, 4.69) is 34.8 Å². The first-order valence-electron chi connectivity index (χ1n) is 7.25. The molecule has 2 aromatic rings. The van der Waals surface area contributed by atoms with Gasteiger partial charge in [-0.2, -0.15) is 5.26 Å². The van der Waals surface area contributed by atoms with Crippen LogP contribution in [0, 0.1) is 23.7 Å². The molecule has 5 heteroatoms. The number of nitrogens with one attached hydrogen (secondary N) is 1. The summed E-state index contributed by atoms with van der Waals surface area (Å²) in [5.74, 6) is 0.520. The van der Waals surface area contributed by atoms with Crippen molar-refractivity contribution < 1.29 is 4.79 Å². The lowest BCUT2D eigenvalue weighted by Crippen LogP contribution is -2.13. The highest BCUT2D eigenvalue weighted by molar-refractivity contribution is 5.77. The Bertz CT molecular complexity index is 796. The molecule has 1 amide bonds. The molecule has 1 aliphatic heterocycles. The molecule has 1 N–H and O–H groups in total. The molecule has 0 aromatic carbocycles. The molecule has 0 spiro atoms. The van der Waals surface area contributed by atoms with Crippen LogP contribution in [0.5, 0.6) is 0 Å². The number of amides is 1. The maximum Gasteiger partial charge on any atom is 0.212 e. The summed E-state index contributed by atoms with van der Waals surface area (Å²) in [6.45, 7) is 7.27. The van der Waals surface area contributed by atoms with Crippen LogP contribution in [0.3, 0.4) is 0 Å². The van der Waals surface area contributed by atoms with Gasteiger partial charge in [-0.3, -0.25) is 4.79 Å². The summed E-state index contributed by atoms with van der Waals surface area (Å²) >= 11 is 0. The minimum absolute atomic E-state index is 0.155. The van der Waals surface area contributed by atoms with Crippen LogP contribution in [-0.2, 0) is 17.8 Å². The second kappa shape index (κ2) is 4.99. The zero-order valence-corrected chi connectivity index (χ0v) is 13.0. The third-order valence-electron chi connectivity index (χ3n) is 4.16. The minimum Gasteiger partial charge on any atom is -0.335 e. The molecule has 112 valence electrons. The predicted molar refractivity (Wildman–Crippen MR) is 84.3 cm³/mol. The van der Waals surface area contributed by atoms with Crippen LogP contribution in [-0.4, -0.2) is 16.0 Å². The molecule has 2 aromatic heterocycles. The van der Waals surface area contributed by atoms with E-state index in [9.17, 15) is 10.1 Å². The van der Waals surface area contributed by atoms with Gasteiger partial charge in [0.1, 0.15) is 17.6 Å². The summed E-state index contributed by atoms with van der Waals surface area (Å²) in [4.78, 5) is 14.8. The predicted octanol–water partition coefficient (Wildman–Crippen LogP) is 2.88. The highest BCUT2D eigenvalue weighted by Gasteiger charge is 2.33. The van der Waals surface area contributed by atoms with Gasteiger partial charge < -0.3 is 9.88 Å². The normalized spacial score (nSPS) is 15.2. The Morgan fingerprint density at radius 3 is 2.86 bits per heavy atom. The number of carbonyl (C=O) groups is 1. The van der Waals surface area contributed by atoms with Crippen LogP contribution < -0.4 is 5.32 Å². The van der Waals surface area contributed by atoms with Gasteiger partial charge >= 0.3 is 0 Å². The van der Waals surface area contributed by atoms with Crippen molar-refractivity contribution in [2.45, 2.75) is 33.7 Å². The fraction of sp³-hybridized carbons (Fsp3) is 0.353. The van der Waals surface area contributed by atoms with Gasteiger partial charge in [0, 0.05) is 24.0 Å². The Kier molecular flexibility index (Phi) is 3.25. The summed E-state index contributed by atoms with van der Waals surface area (Å²) in [6.07, 6.45) is 3.30. The average molecular weight is 294 g/mol. The summed E-state index contributed by atoms with van der Waals surface area (Å²) in [6, 6.07) is 6.10. The number of aryl methyl sites for hydroxylation is 1. The number of hydrogen-bond donors (Lipinski definition) is 1. The van der Waals surface area contributed by atoms with Crippen LogP contribution in [0.4, 0.5) is 5.82 Å². The molecule has 0 bridgehead atoms. The highest BCUT2D eigenvalue weighted by Crippen LogP contribution is 2.40. The van der Waals surface area contributed by atoms with Crippen LogP contribution in [0.25, 0.3) is 11.1 Å². The molecule has 5 nitrogen and oxygen atoms in total. The standard InChI is InChI=1S/C17H18N4O/c1-11-8-19-16(20-10-22)5-13(11)14-4-12(7-18)21-9-17(2,3)6-15(14)21/h4-5,8,10H,6,9H2,1-3H3,(H,19,20,22). The number of rotatable bonds is 3. The van der Waals surface area contributed by atoms with Crippen LogP contribution >= 0.6 is 0 Å². The van der Waals surface area contributed by atoms with Gasteiger partial charge in [-0.25, -0.2) is 4.98 Å². The summed E-state index contributed by atoms with van der Waals surface area (Å²) in [5.41, 5.74) is 5.14. The average Bonchev–Trinajstić information content (AvgIpc) is 2.94. The fourth-order valence-corrected chi connectivity index (χ4v) is 3.18. The number of aromatic nitrogens is 2. The first kappa shape index (κ1) is 14.3.